The molecule has 0 fully saturated rings. The number of hydrogen-bond donors (Lipinski definition) is 0. The Hall–Kier alpha value is -6.24. The van der Waals surface area contributed by atoms with Gasteiger partial charge in [-0.05, 0) is 103 Å². The average Bonchev–Trinajstić information content (AvgIpc) is 3.27. The van der Waals surface area contributed by atoms with Gasteiger partial charge in [0, 0.05) is 11.1 Å². The lowest BCUT2D eigenvalue weighted by Gasteiger charge is -2.08. The summed E-state index contributed by atoms with van der Waals surface area (Å²) in [5, 5.41) is 0. The fraction of sp³-hybridized carbons (Fsp3) is 0.245. The lowest BCUT2D eigenvalue weighted by Crippen LogP contribution is -2.01. The summed E-state index contributed by atoms with van der Waals surface area (Å²) in [6.07, 6.45) is 6.72. The fourth-order valence-corrected chi connectivity index (χ4v) is 6.00. The summed E-state index contributed by atoms with van der Waals surface area (Å²) in [5.41, 5.74) is 8.45. The SMILES string of the molecule is CCCCCOc1ccc(C#Cc2ccc(-c3ccc(C)cc3)cc2)c(F)c1F.CCCCCOc1ccc(C#Cc2ccc(-c3ccc(CC)cc3)cc2)c(F)c1F. The molecular formula is C53H50F4O2. The van der Waals surface area contributed by atoms with Crippen molar-refractivity contribution in [2.75, 3.05) is 13.2 Å². The van der Waals surface area contributed by atoms with Crippen LogP contribution in [-0.4, -0.2) is 13.2 Å². The van der Waals surface area contributed by atoms with E-state index in [1.165, 1.54) is 35.4 Å². The van der Waals surface area contributed by atoms with Gasteiger partial charge in [-0.2, -0.15) is 8.78 Å². The number of unbranched alkanes of at least 4 members (excludes halogenated alkanes) is 4. The van der Waals surface area contributed by atoms with Crippen LogP contribution in [0, 0.1) is 53.9 Å². The van der Waals surface area contributed by atoms with Crippen molar-refractivity contribution < 1.29 is 27.0 Å². The molecular weight excluding hydrogens is 745 g/mol. The molecule has 0 N–H and O–H groups in total. The molecule has 0 saturated carbocycles. The van der Waals surface area contributed by atoms with E-state index < -0.39 is 23.3 Å². The smallest absolute Gasteiger partial charge is 0.201 e. The van der Waals surface area contributed by atoms with Crippen LogP contribution in [0.15, 0.2) is 121 Å². The third-order valence-corrected chi connectivity index (χ3v) is 9.64. The van der Waals surface area contributed by atoms with Crippen molar-refractivity contribution in [1.29, 1.82) is 0 Å². The zero-order valence-electron chi connectivity index (χ0n) is 34.2. The fourth-order valence-electron chi connectivity index (χ4n) is 6.00. The Kier molecular flexibility index (Phi) is 16.8. The molecule has 0 spiro atoms. The lowest BCUT2D eigenvalue weighted by atomic mass is 10.0. The molecule has 0 atom stereocenters. The van der Waals surface area contributed by atoms with E-state index in [4.69, 9.17) is 9.47 Å². The van der Waals surface area contributed by atoms with Crippen LogP contribution in [0.25, 0.3) is 22.3 Å². The number of benzene rings is 6. The molecule has 0 saturated heterocycles. The second-order valence-corrected chi connectivity index (χ2v) is 14.2. The van der Waals surface area contributed by atoms with Gasteiger partial charge in [0.1, 0.15) is 0 Å². The standard InChI is InChI=1S/C27H26F2O.C26H24F2O/c1-3-5-6-19-30-25-18-17-24(26(28)27(25)29)16-11-21-9-14-23(15-10-21)22-12-7-20(4-2)8-13-22;1-3-4-5-18-29-24-17-16-23(25(27)26(24)28)15-10-20-8-13-22(14-9-20)21-11-6-19(2)7-12-21/h7-10,12-15,17-18H,3-6,19H2,1-2H3;6-9,11-14,16-17H,3-5,18H2,1-2H3. The summed E-state index contributed by atoms with van der Waals surface area (Å²) in [7, 11) is 0. The summed E-state index contributed by atoms with van der Waals surface area (Å²) >= 11 is 0. The van der Waals surface area contributed by atoms with Crippen molar-refractivity contribution in [3.8, 4) is 57.4 Å². The highest BCUT2D eigenvalue weighted by Crippen LogP contribution is 2.25. The zero-order chi connectivity index (χ0) is 42.0. The van der Waals surface area contributed by atoms with E-state index in [0.717, 1.165) is 78.3 Å². The van der Waals surface area contributed by atoms with Gasteiger partial charge in [-0.1, -0.05) is 148 Å². The van der Waals surface area contributed by atoms with Gasteiger partial charge in [0.2, 0.25) is 11.6 Å². The van der Waals surface area contributed by atoms with E-state index in [0.29, 0.717) is 13.2 Å². The molecule has 0 heterocycles. The Morgan fingerprint density at radius 1 is 0.407 bits per heavy atom. The van der Waals surface area contributed by atoms with Crippen LogP contribution < -0.4 is 9.47 Å². The molecule has 0 amide bonds. The maximum absolute atomic E-state index is 14.3. The number of aryl methyl sites for hydroxylation is 2. The molecule has 6 aromatic carbocycles. The van der Waals surface area contributed by atoms with Crippen molar-refractivity contribution in [3.63, 3.8) is 0 Å². The van der Waals surface area contributed by atoms with E-state index in [1.807, 2.05) is 48.5 Å². The van der Waals surface area contributed by atoms with E-state index >= 15 is 0 Å². The normalized spacial score (nSPS) is 10.4. The first-order valence-corrected chi connectivity index (χ1v) is 20.3. The van der Waals surface area contributed by atoms with Gasteiger partial charge in [0.15, 0.2) is 23.1 Å². The van der Waals surface area contributed by atoms with Gasteiger partial charge in [-0.3, -0.25) is 0 Å². The Bertz CT molecular complexity index is 2380. The highest BCUT2D eigenvalue weighted by Gasteiger charge is 2.14. The van der Waals surface area contributed by atoms with Gasteiger partial charge >= 0.3 is 0 Å². The third kappa shape index (κ3) is 12.9. The molecule has 0 radical (unpaired) electrons. The van der Waals surface area contributed by atoms with Crippen molar-refractivity contribution in [1.82, 2.24) is 0 Å². The molecule has 0 aliphatic rings. The van der Waals surface area contributed by atoms with Gasteiger partial charge in [-0.15, -0.1) is 0 Å². The first-order valence-electron chi connectivity index (χ1n) is 20.3. The van der Waals surface area contributed by atoms with Crippen molar-refractivity contribution in [2.24, 2.45) is 0 Å². The van der Waals surface area contributed by atoms with Gasteiger partial charge in [0.25, 0.3) is 0 Å². The van der Waals surface area contributed by atoms with Crippen LogP contribution in [0.4, 0.5) is 17.6 Å². The first kappa shape index (κ1) is 43.9. The molecule has 0 aliphatic heterocycles. The molecule has 6 aromatic rings. The van der Waals surface area contributed by atoms with Gasteiger partial charge < -0.3 is 9.47 Å². The Morgan fingerprint density at radius 2 is 0.780 bits per heavy atom. The minimum absolute atomic E-state index is 0.0195. The summed E-state index contributed by atoms with van der Waals surface area (Å²) in [6.45, 7) is 9.08. The third-order valence-electron chi connectivity index (χ3n) is 9.64. The molecule has 0 bridgehead atoms. The highest BCUT2D eigenvalue weighted by atomic mass is 19.2. The number of halogens is 4. The quantitative estimate of drug-likeness (QED) is 0.0659. The summed E-state index contributed by atoms with van der Waals surface area (Å²) < 4.78 is 67.7. The summed E-state index contributed by atoms with van der Waals surface area (Å²) in [6, 6.07) is 38.0. The second kappa shape index (κ2) is 22.6. The van der Waals surface area contributed by atoms with Crippen molar-refractivity contribution in [3.05, 3.63) is 178 Å². The molecule has 6 rings (SSSR count). The van der Waals surface area contributed by atoms with Crippen molar-refractivity contribution in [2.45, 2.75) is 72.6 Å². The zero-order valence-corrected chi connectivity index (χ0v) is 34.2. The molecule has 2 nitrogen and oxygen atoms in total. The molecule has 0 aromatic heterocycles. The monoisotopic (exact) mass is 794 g/mol. The van der Waals surface area contributed by atoms with Gasteiger partial charge in [0.05, 0.1) is 24.3 Å². The topological polar surface area (TPSA) is 18.5 Å². The lowest BCUT2D eigenvalue weighted by molar-refractivity contribution is 0.286. The maximum Gasteiger partial charge on any atom is 0.201 e. The Labute approximate surface area is 347 Å². The van der Waals surface area contributed by atoms with E-state index in [9.17, 15) is 17.6 Å². The Morgan fingerprint density at radius 3 is 1.15 bits per heavy atom. The first-order chi connectivity index (χ1) is 28.7. The van der Waals surface area contributed by atoms with E-state index in [2.05, 4.69) is 99.9 Å². The molecule has 0 aliphatic carbocycles. The van der Waals surface area contributed by atoms with Gasteiger partial charge in [-0.25, -0.2) is 8.78 Å². The van der Waals surface area contributed by atoms with Crippen LogP contribution in [-0.2, 0) is 6.42 Å². The predicted molar refractivity (Wildman–Crippen MR) is 233 cm³/mol. The Balaban J connectivity index is 0.000000224. The van der Waals surface area contributed by atoms with Crippen LogP contribution in [0.5, 0.6) is 11.5 Å². The molecule has 59 heavy (non-hydrogen) atoms. The van der Waals surface area contributed by atoms with Crippen LogP contribution >= 0.6 is 0 Å². The number of hydrogen-bond acceptors (Lipinski definition) is 2. The predicted octanol–water partition coefficient (Wildman–Crippen LogP) is 14.1. The number of rotatable bonds is 13. The largest absolute Gasteiger partial charge is 0.490 e. The highest BCUT2D eigenvalue weighted by molar-refractivity contribution is 5.66. The molecule has 302 valence electrons. The van der Waals surface area contributed by atoms with E-state index in [1.54, 1.807) is 0 Å². The minimum atomic E-state index is -0.983. The van der Waals surface area contributed by atoms with Crippen LogP contribution in [0.3, 0.4) is 0 Å². The van der Waals surface area contributed by atoms with Crippen LogP contribution in [0.1, 0.15) is 92.7 Å². The minimum Gasteiger partial charge on any atom is -0.490 e. The molecule has 6 heteroatoms. The van der Waals surface area contributed by atoms with Crippen molar-refractivity contribution >= 4 is 0 Å². The molecule has 0 unspecified atom stereocenters. The average molecular weight is 795 g/mol. The van der Waals surface area contributed by atoms with Crippen LogP contribution in [0.2, 0.25) is 0 Å². The maximum atomic E-state index is 14.3. The van der Waals surface area contributed by atoms with E-state index in [-0.39, 0.29) is 22.6 Å². The summed E-state index contributed by atoms with van der Waals surface area (Å²) in [5.74, 6) is 7.22. The summed E-state index contributed by atoms with van der Waals surface area (Å²) in [4.78, 5) is 0. The number of ether oxygens (including phenoxy) is 2. The second-order valence-electron chi connectivity index (χ2n) is 14.2.